The minimum Gasteiger partial charge on any atom is -0.376 e. The van der Waals surface area contributed by atoms with Crippen LogP contribution in [0.4, 0.5) is 5.69 Å². The van der Waals surface area contributed by atoms with E-state index >= 15 is 0 Å². The average Bonchev–Trinajstić information content (AvgIpc) is 2.86. The van der Waals surface area contributed by atoms with Gasteiger partial charge in [-0.2, -0.15) is 0 Å². The number of rotatable bonds is 3. The maximum Gasteiger partial charge on any atom is 0.170 e. The van der Waals surface area contributed by atoms with Gasteiger partial charge in [-0.15, -0.1) is 0 Å². The lowest BCUT2D eigenvalue weighted by Crippen LogP contribution is -2.09. The van der Waals surface area contributed by atoms with Gasteiger partial charge in [0.2, 0.25) is 0 Å². The van der Waals surface area contributed by atoms with Crippen molar-refractivity contribution in [3.63, 3.8) is 0 Å². The molecule has 0 bridgehead atoms. The highest BCUT2D eigenvalue weighted by Gasteiger charge is 2.13. The van der Waals surface area contributed by atoms with Crippen LogP contribution in [0.25, 0.3) is 16.9 Å². The summed E-state index contributed by atoms with van der Waals surface area (Å²) in [6, 6.07) is 11.8. The molecule has 0 aliphatic rings. The normalized spacial score (nSPS) is 10.8. The van der Waals surface area contributed by atoms with Crippen LogP contribution < -0.4 is 4.90 Å². The first-order valence-electron chi connectivity index (χ1n) is 6.50. The number of hydrogen-bond acceptors (Lipinski definition) is 3. The number of aldehydes is 1. The Kier molecular flexibility index (Phi) is 3.51. The van der Waals surface area contributed by atoms with E-state index in [1.165, 1.54) is 0 Å². The fourth-order valence-electron chi connectivity index (χ4n) is 2.25. The quantitative estimate of drug-likeness (QED) is 0.681. The Morgan fingerprint density at radius 2 is 1.86 bits per heavy atom. The molecule has 0 atom stereocenters. The molecule has 5 heteroatoms. The fourth-order valence-corrected chi connectivity index (χ4v) is 2.52. The maximum atomic E-state index is 11.2. The van der Waals surface area contributed by atoms with Crippen LogP contribution in [0.1, 0.15) is 10.5 Å². The van der Waals surface area contributed by atoms with E-state index in [2.05, 4.69) is 20.9 Å². The van der Waals surface area contributed by atoms with Gasteiger partial charge in [0.25, 0.3) is 0 Å². The number of anilines is 1. The van der Waals surface area contributed by atoms with Gasteiger partial charge in [0, 0.05) is 30.3 Å². The number of hydrogen-bond donors (Lipinski definition) is 0. The van der Waals surface area contributed by atoms with Crippen molar-refractivity contribution in [2.24, 2.45) is 0 Å². The molecule has 4 nitrogen and oxygen atoms in total. The molecule has 0 aliphatic heterocycles. The Morgan fingerprint density at radius 1 is 1.14 bits per heavy atom. The van der Waals surface area contributed by atoms with Crippen molar-refractivity contribution >= 4 is 33.4 Å². The van der Waals surface area contributed by atoms with Crippen molar-refractivity contribution in [2.45, 2.75) is 0 Å². The largest absolute Gasteiger partial charge is 0.376 e. The number of carbonyl (C=O) groups excluding carboxylic acids is 1. The summed E-state index contributed by atoms with van der Waals surface area (Å²) in [6.07, 6.45) is 2.79. The van der Waals surface area contributed by atoms with Crippen molar-refractivity contribution in [3.05, 3.63) is 52.8 Å². The summed E-state index contributed by atoms with van der Waals surface area (Å²) in [5.74, 6) is 0.767. The lowest BCUT2D eigenvalue weighted by Gasteiger charge is -2.13. The summed E-state index contributed by atoms with van der Waals surface area (Å²) in [5.41, 5.74) is 3.29. The van der Waals surface area contributed by atoms with Crippen LogP contribution in [-0.2, 0) is 0 Å². The molecular weight excluding hydrogens is 330 g/mol. The molecule has 0 saturated carbocycles. The number of benzene rings is 1. The van der Waals surface area contributed by atoms with Crippen LogP contribution in [0.5, 0.6) is 0 Å². The highest BCUT2D eigenvalue weighted by molar-refractivity contribution is 9.10. The SMILES string of the molecule is CN(C)c1ccc2c(C=O)nc(-c3ccc(Br)cc3)n2c1. The number of imidazole rings is 1. The van der Waals surface area contributed by atoms with Gasteiger partial charge in [0.15, 0.2) is 6.29 Å². The van der Waals surface area contributed by atoms with E-state index in [0.717, 1.165) is 33.4 Å². The van der Waals surface area contributed by atoms with Crippen LogP contribution in [0.3, 0.4) is 0 Å². The van der Waals surface area contributed by atoms with Crippen molar-refractivity contribution in [2.75, 3.05) is 19.0 Å². The summed E-state index contributed by atoms with van der Waals surface area (Å²) < 4.78 is 2.97. The first kappa shape index (κ1) is 13.8. The van der Waals surface area contributed by atoms with Crippen LogP contribution >= 0.6 is 15.9 Å². The standard InChI is InChI=1S/C16H14BrN3O/c1-19(2)13-7-8-15-14(10-21)18-16(20(15)9-13)11-3-5-12(17)6-4-11/h3-10H,1-2H3. The second kappa shape index (κ2) is 5.33. The summed E-state index contributed by atoms with van der Waals surface area (Å²) >= 11 is 3.43. The van der Waals surface area contributed by atoms with E-state index in [-0.39, 0.29) is 0 Å². The van der Waals surface area contributed by atoms with Crippen LogP contribution in [0.15, 0.2) is 47.1 Å². The summed E-state index contributed by atoms with van der Waals surface area (Å²) in [5, 5.41) is 0. The van der Waals surface area contributed by atoms with Gasteiger partial charge in [0.05, 0.1) is 11.2 Å². The van der Waals surface area contributed by atoms with E-state index < -0.39 is 0 Å². The molecule has 2 heterocycles. The molecule has 0 amide bonds. The van der Waals surface area contributed by atoms with Crippen molar-refractivity contribution < 1.29 is 4.79 Å². The Hall–Kier alpha value is -2.14. The van der Waals surface area contributed by atoms with E-state index in [0.29, 0.717) is 5.69 Å². The van der Waals surface area contributed by atoms with E-state index in [4.69, 9.17) is 0 Å². The number of fused-ring (bicyclic) bond motifs is 1. The first-order valence-corrected chi connectivity index (χ1v) is 7.30. The minimum absolute atomic E-state index is 0.457. The zero-order valence-corrected chi connectivity index (χ0v) is 13.3. The molecule has 0 N–H and O–H groups in total. The zero-order valence-electron chi connectivity index (χ0n) is 11.7. The van der Waals surface area contributed by atoms with Gasteiger partial charge < -0.3 is 4.90 Å². The topological polar surface area (TPSA) is 37.6 Å². The van der Waals surface area contributed by atoms with Crippen LogP contribution in [0.2, 0.25) is 0 Å². The second-order valence-electron chi connectivity index (χ2n) is 4.98. The highest BCUT2D eigenvalue weighted by Crippen LogP contribution is 2.26. The molecule has 0 spiro atoms. The summed E-state index contributed by atoms with van der Waals surface area (Å²) in [4.78, 5) is 17.7. The van der Waals surface area contributed by atoms with E-state index in [1.54, 1.807) is 0 Å². The maximum absolute atomic E-state index is 11.2. The fraction of sp³-hybridized carbons (Fsp3) is 0.125. The Labute approximate surface area is 131 Å². The van der Waals surface area contributed by atoms with Gasteiger partial charge in [-0.25, -0.2) is 4.98 Å². The second-order valence-corrected chi connectivity index (χ2v) is 5.90. The van der Waals surface area contributed by atoms with E-state index in [9.17, 15) is 4.79 Å². The third kappa shape index (κ3) is 2.45. The number of halogens is 1. The molecule has 2 aromatic heterocycles. The van der Waals surface area contributed by atoms with Crippen molar-refractivity contribution in [1.82, 2.24) is 9.38 Å². The van der Waals surface area contributed by atoms with Crippen molar-refractivity contribution in [3.8, 4) is 11.4 Å². The number of pyridine rings is 1. The zero-order chi connectivity index (χ0) is 15.0. The smallest absolute Gasteiger partial charge is 0.170 e. The van der Waals surface area contributed by atoms with Gasteiger partial charge in [0.1, 0.15) is 11.5 Å². The molecule has 0 unspecified atom stereocenters. The lowest BCUT2D eigenvalue weighted by atomic mass is 10.2. The third-order valence-corrected chi connectivity index (χ3v) is 3.91. The molecular formula is C16H14BrN3O. The van der Waals surface area contributed by atoms with Gasteiger partial charge in [-0.05, 0) is 24.3 Å². The van der Waals surface area contributed by atoms with Crippen LogP contribution in [-0.4, -0.2) is 29.8 Å². The number of carbonyl (C=O) groups is 1. The molecule has 21 heavy (non-hydrogen) atoms. The van der Waals surface area contributed by atoms with Crippen LogP contribution in [0, 0.1) is 0 Å². The molecule has 1 aromatic carbocycles. The molecule has 106 valence electrons. The summed E-state index contributed by atoms with van der Waals surface area (Å²) in [6.45, 7) is 0. The molecule has 3 rings (SSSR count). The third-order valence-electron chi connectivity index (χ3n) is 3.38. The number of nitrogens with zero attached hydrogens (tertiary/aromatic N) is 3. The predicted molar refractivity (Wildman–Crippen MR) is 88.0 cm³/mol. The highest BCUT2D eigenvalue weighted by atomic mass is 79.9. The van der Waals surface area contributed by atoms with Gasteiger partial charge in [-0.1, -0.05) is 28.1 Å². The Morgan fingerprint density at radius 3 is 2.48 bits per heavy atom. The molecule has 0 saturated heterocycles. The molecule has 0 fully saturated rings. The molecule has 3 aromatic rings. The van der Waals surface area contributed by atoms with E-state index in [1.807, 2.05) is 66.0 Å². The Balaban J connectivity index is 2.27. The summed E-state index contributed by atoms with van der Waals surface area (Å²) in [7, 11) is 3.97. The lowest BCUT2D eigenvalue weighted by molar-refractivity contribution is 0.112. The Bertz CT molecular complexity index is 806. The monoisotopic (exact) mass is 343 g/mol. The molecule has 0 radical (unpaired) electrons. The number of aromatic nitrogens is 2. The minimum atomic E-state index is 0.457. The molecule has 0 aliphatic carbocycles. The predicted octanol–water partition coefficient (Wildman–Crippen LogP) is 3.64. The van der Waals surface area contributed by atoms with Crippen molar-refractivity contribution in [1.29, 1.82) is 0 Å². The van der Waals surface area contributed by atoms with Gasteiger partial charge >= 0.3 is 0 Å². The first-order chi connectivity index (χ1) is 10.1. The van der Waals surface area contributed by atoms with Gasteiger partial charge in [-0.3, -0.25) is 9.20 Å². The average molecular weight is 344 g/mol.